The van der Waals surface area contributed by atoms with Crippen molar-refractivity contribution in [1.29, 1.82) is 0 Å². The molecule has 1 unspecified atom stereocenters. The molecule has 2 aromatic rings. The highest BCUT2D eigenvalue weighted by molar-refractivity contribution is 5.75. The lowest BCUT2D eigenvalue weighted by Crippen LogP contribution is -2.28. The van der Waals surface area contributed by atoms with Gasteiger partial charge in [0.2, 0.25) is 0 Å². The summed E-state index contributed by atoms with van der Waals surface area (Å²) in [5.41, 5.74) is 2.56. The van der Waals surface area contributed by atoms with Crippen LogP contribution in [0.1, 0.15) is 22.7 Å². The SMILES string of the molecule is Cc1cccc(C(NCc2ccc(F)cc2)C(=O)O)c1. The largest absolute Gasteiger partial charge is 0.480 e. The summed E-state index contributed by atoms with van der Waals surface area (Å²) in [5, 5.41) is 12.3. The number of aryl methyl sites for hydroxylation is 1. The average Bonchev–Trinajstić information content (AvgIpc) is 2.41. The third-order valence-corrected chi connectivity index (χ3v) is 3.05. The fraction of sp³-hybridized carbons (Fsp3) is 0.188. The van der Waals surface area contributed by atoms with Crippen LogP contribution in [-0.2, 0) is 11.3 Å². The zero-order valence-corrected chi connectivity index (χ0v) is 11.1. The van der Waals surface area contributed by atoms with Crippen LogP contribution in [0.2, 0.25) is 0 Å². The lowest BCUT2D eigenvalue weighted by Gasteiger charge is -2.15. The fourth-order valence-electron chi connectivity index (χ4n) is 2.02. The number of aliphatic carboxylic acids is 1. The topological polar surface area (TPSA) is 49.3 Å². The molecule has 0 heterocycles. The Bertz CT molecular complexity index is 596. The normalized spacial score (nSPS) is 12.1. The van der Waals surface area contributed by atoms with Gasteiger partial charge in [0.1, 0.15) is 11.9 Å². The number of hydrogen-bond acceptors (Lipinski definition) is 2. The second-order valence-corrected chi connectivity index (χ2v) is 4.69. The quantitative estimate of drug-likeness (QED) is 0.880. The third kappa shape index (κ3) is 3.65. The summed E-state index contributed by atoms with van der Waals surface area (Å²) < 4.78 is 12.8. The van der Waals surface area contributed by atoms with Crippen LogP contribution in [0.25, 0.3) is 0 Å². The van der Waals surface area contributed by atoms with E-state index in [-0.39, 0.29) is 5.82 Å². The van der Waals surface area contributed by atoms with E-state index < -0.39 is 12.0 Å². The highest BCUT2D eigenvalue weighted by Gasteiger charge is 2.18. The van der Waals surface area contributed by atoms with Crippen LogP contribution in [0.3, 0.4) is 0 Å². The van der Waals surface area contributed by atoms with Crippen molar-refractivity contribution >= 4 is 5.97 Å². The maximum absolute atomic E-state index is 12.8. The van der Waals surface area contributed by atoms with Gasteiger partial charge in [-0.15, -0.1) is 0 Å². The molecule has 0 fully saturated rings. The molecule has 104 valence electrons. The smallest absolute Gasteiger partial charge is 0.325 e. The van der Waals surface area contributed by atoms with Crippen LogP contribution in [0, 0.1) is 12.7 Å². The standard InChI is InChI=1S/C16H16FNO2/c1-11-3-2-4-13(9-11)15(16(19)20)18-10-12-5-7-14(17)8-6-12/h2-9,15,18H,10H2,1H3,(H,19,20). The summed E-state index contributed by atoms with van der Waals surface area (Å²) >= 11 is 0. The first kappa shape index (κ1) is 14.2. The maximum atomic E-state index is 12.8. The van der Waals surface area contributed by atoms with E-state index in [0.717, 1.165) is 11.1 Å². The van der Waals surface area contributed by atoms with Gasteiger partial charge in [-0.3, -0.25) is 10.1 Å². The van der Waals surface area contributed by atoms with Crippen molar-refractivity contribution in [2.24, 2.45) is 0 Å². The Kier molecular flexibility index (Phi) is 4.48. The molecule has 0 radical (unpaired) electrons. The first-order chi connectivity index (χ1) is 9.56. The van der Waals surface area contributed by atoms with Gasteiger partial charge in [-0.25, -0.2) is 4.39 Å². The molecular formula is C16H16FNO2. The summed E-state index contributed by atoms with van der Waals surface area (Å²) in [4.78, 5) is 11.4. The lowest BCUT2D eigenvalue weighted by atomic mass is 10.0. The number of nitrogens with one attached hydrogen (secondary N) is 1. The minimum absolute atomic E-state index is 0.304. The molecule has 0 saturated heterocycles. The number of carboxylic acids is 1. The zero-order valence-electron chi connectivity index (χ0n) is 11.1. The molecule has 0 bridgehead atoms. The molecule has 2 aromatic carbocycles. The summed E-state index contributed by atoms with van der Waals surface area (Å²) in [7, 11) is 0. The minimum atomic E-state index is -0.933. The molecule has 0 aliphatic heterocycles. The number of carboxylic acid groups (broad SMARTS) is 1. The predicted molar refractivity (Wildman–Crippen MR) is 74.8 cm³/mol. The number of rotatable bonds is 5. The second-order valence-electron chi connectivity index (χ2n) is 4.69. The Morgan fingerprint density at radius 2 is 1.95 bits per heavy atom. The van der Waals surface area contributed by atoms with Gasteiger partial charge in [0, 0.05) is 6.54 Å². The Morgan fingerprint density at radius 1 is 1.25 bits per heavy atom. The molecule has 0 aromatic heterocycles. The van der Waals surface area contributed by atoms with Crippen LogP contribution < -0.4 is 5.32 Å². The predicted octanol–water partition coefficient (Wildman–Crippen LogP) is 3.05. The van der Waals surface area contributed by atoms with Crippen LogP contribution >= 0.6 is 0 Å². The van der Waals surface area contributed by atoms with Crippen molar-refractivity contribution in [3.63, 3.8) is 0 Å². The van der Waals surface area contributed by atoms with E-state index in [1.807, 2.05) is 25.1 Å². The monoisotopic (exact) mass is 273 g/mol. The fourth-order valence-corrected chi connectivity index (χ4v) is 2.02. The molecule has 4 heteroatoms. The molecule has 2 rings (SSSR count). The zero-order chi connectivity index (χ0) is 14.5. The first-order valence-corrected chi connectivity index (χ1v) is 6.33. The third-order valence-electron chi connectivity index (χ3n) is 3.05. The van der Waals surface area contributed by atoms with Crippen LogP contribution in [-0.4, -0.2) is 11.1 Å². The molecule has 0 saturated carbocycles. The van der Waals surface area contributed by atoms with Gasteiger partial charge in [0.05, 0.1) is 0 Å². The van der Waals surface area contributed by atoms with E-state index >= 15 is 0 Å². The Labute approximate surface area is 117 Å². The van der Waals surface area contributed by atoms with Crippen molar-refractivity contribution in [3.8, 4) is 0 Å². The Hall–Kier alpha value is -2.20. The molecule has 0 spiro atoms. The highest BCUT2D eigenvalue weighted by atomic mass is 19.1. The van der Waals surface area contributed by atoms with Gasteiger partial charge < -0.3 is 5.11 Å². The molecule has 2 N–H and O–H groups in total. The lowest BCUT2D eigenvalue weighted by molar-refractivity contribution is -0.139. The van der Waals surface area contributed by atoms with E-state index in [0.29, 0.717) is 12.1 Å². The second kappa shape index (κ2) is 6.30. The van der Waals surface area contributed by atoms with E-state index in [1.165, 1.54) is 12.1 Å². The molecule has 1 atom stereocenters. The van der Waals surface area contributed by atoms with Crippen LogP contribution in [0.5, 0.6) is 0 Å². The van der Waals surface area contributed by atoms with Crippen molar-refractivity contribution in [2.75, 3.05) is 0 Å². The van der Waals surface area contributed by atoms with Crippen molar-refractivity contribution in [2.45, 2.75) is 19.5 Å². The molecule has 0 aliphatic carbocycles. The van der Waals surface area contributed by atoms with Gasteiger partial charge in [-0.05, 0) is 30.2 Å². The van der Waals surface area contributed by atoms with E-state index in [2.05, 4.69) is 5.32 Å². The van der Waals surface area contributed by atoms with Gasteiger partial charge in [0.25, 0.3) is 0 Å². The van der Waals surface area contributed by atoms with Crippen molar-refractivity contribution < 1.29 is 14.3 Å². The molecule has 20 heavy (non-hydrogen) atoms. The minimum Gasteiger partial charge on any atom is -0.480 e. The summed E-state index contributed by atoms with van der Waals surface area (Å²) in [5.74, 6) is -1.24. The molecular weight excluding hydrogens is 257 g/mol. The molecule has 0 amide bonds. The van der Waals surface area contributed by atoms with Gasteiger partial charge >= 0.3 is 5.97 Å². The molecule has 3 nitrogen and oxygen atoms in total. The first-order valence-electron chi connectivity index (χ1n) is 6.33. The van der Waals surface area contributed by atoms with Gasteiger partial charge in [-0.1, -0.05) is 42.0 Å². The van der Waals surface area contributed by atoms with E-state index in [4.69, 9.17) is 0 Å². The Balaban J connectivity index is 2.10. The Morgan fingerprint density at radius 3 is 2.55 bits per heavy atom. The maximum Gasteiger partial charge on any atom is 0.325 e. The van der Waals surface area contributed by atoms with Crippen molar-refractivity contribution in [1.82, 2.24) is 5.32 Å². The highest BCUT2D eigenvalue weighted by Crippen LogP contribution is 2.16. The number of halogens is 1. The van der Waals surface area contributed by atoms with Crippen LogP contribution in [0.15, 0.2) is 48.5 Å². The van der Waals surface area contributed by atoms with Crippen molar-refractivity contribution in [3.05, 3.63) is 71.0 Å². The number of hydrogen-bond donors (Lipinski definition) is 2. The van der Waals surface area contributed by atoms with E-state index in [9.17, 15) is 14.3 Å². The van der Waals surface area contributed by atoms with Crippen LogP contribution in [0.4, 0.5) is 4.39 Å². The molecule has 0 aliphatic rings. The summed E-state index contributed by atoms with van der Waals surface area (Å²) in [6, 6.07) is 12.6. The van der Waals surface area contributed by atoms with Gasteiger partial charge in [-0.2, -0.15) is 0 Å². The summed E-state index contributed by atoms with van der Waals surface area (Å²) in [6.07, 6.45) is 0. The number of carbonyl (C=O) groups is 1. The van der Waals surface area contributed by atoms with Gasteiger partial charge in [0.15, 0.2) is 0 Å². The number of benzene rings is 2. The average molecular weight is 273 g/mol. The summed E-state index contributed by atoms with van der Waals surface area (Å²) in [6.45, 7) is 2.29. The van der Waals surface area contributed by atoms with E-state index in [1.54, 1.807) is 18.2 Å².